The van der Waals surface area contributed by atoms with Gasteiger partial charge in [0.05, 0.1) is 0 Å². The summed E-state index contributed by atoms with van der Waals surface area (Å²) in [4.78, 5) is 33.5. The first kappa shape index (κ1) is 16.1. The number of ketones is 1. The van der Waals surface area contributed by atoms with E-state index in [0.29, 0.717) is 24.2 Å². The van der Waals surface area contributed by atoms with Crippen molar-refractivity contribution in [2.45, 2.75) is 25.3 Å². The molecule has 0 bridgehead atoms. The smallest absolute Gasteiger partial charge is 0.270 e. The van der Waals surface area contributed by atoms with Crippen molar-refractivity contribution in [1.29, 1.82) is 0 Å². The molecule has 0 spiro atoms. The maximum Gasteiger partial charge on any atom is 0.270 e. The highest BCUT2D eigenvalue weighted by molar-refractivity contribution is 5.90. The number of nitrogens with one attached hydrogen (secondary N) is 1. The number of carbonyl (C=O) groups excluding carboxylic acids is 1. The number of likely N-dealkylation sites (tertiary alicyclic amines) is 1. The summed E-state index contributed by atoms with van der Waals surface area (Å²) in [6.07, 6.45) is 4.54. The van der Waals surface area contributed by atoms with Gasteiger partial charge in [-0.05, 0) is 36.9 Å². The molecule has 1 aromatic carbocycles. The highest BCUT2D eigenvalue weighted by Gasteiger charge is 2.45. The summed E-state index contributed by atoms with van der Waals surface area (Å²) in [5, 5.41) is 0. The molecule has 0 radical (unpaired) electrons. The van der Waals surface area contributed by atoms with Crippen molar-refractivity contribution in [3.63, 3.8) is 0 Å². The number of carbonyl (C=O) groups is 1. The molecule has 1 N–H and O–H groups in total. The molecule has 1 unspecified atom stereocenters. The summed E-state index contributed by atoms with van der Waals surface area (Å²) < 4.78 is 14.1. The molecule has 130 valence electrons. The fourth-order valence-electron chi connectivity index (χ4n) is 4.29. The number of rotatable bonds is 3. The number of piperidine rings is 1. The van der Waals surface area contributed by atoms with Gasteiger partial charge in [-0.1, -0.05) is 18.2 Å². The quantitative estimate of drug-likeness (QED) is 0.928. The summed E-state index contributed by atoms with van der Waals surface area (Å²) in [6, 6.07) is 6.58. The highest BCUT2D eigenvalue weighted by atomic mass is 19.1. The summed E-state index contributed by atoms with van der Waals surface area (Å²) in [5.74, 6) is -0.243. The zero-order valence-corrected chi connectivity index (χ0v) is 13.8. The van der Waals surface area contributed by atoms with Gasteiger partial charge in [-0.2, -0.15) is 0 Å². The topological polar surface area (TPSA) is 66.1 Å². The highest BCUT2D eigenvalue weighted by Crippen LogP contribution is 2.44. The lowest BCUT2D eigenvalue weighted by Crippen LogP contribution is -2.40. The lowest BCUT2D eigenvalue weighted by molar-refractivity contribution is -0.123. The van der Waals surface area contributed by atoms with Crippen LogP contribution in [0.15, 0.2) is 41.5 Å². The molecule has 2 aliphatic rings. The van der Waals surface area contributed by atoms with Gasteiger partial charge in [-0.3, -0.25) is 19.5 Å². The maximum atomic E-state index is 14.1. The largest absolute Gasteiger partial charge is 0.326 e. The second kappa shape index (κ2) is 6.52. The van der Waals surface area contributed by atoms with Crippen LogP contribution in [0, 0.1) is 17.7 Å². The number of halogens is 1. The van der Waals surface area contributed by atoms with Gasteiger partial charge in [0.1, 0.15) is 17.3 Å². The zero-order valence-electron chi connectivity index (χ0n) is 13.8. The Morgan fingerprint density at radius 3 is 2.92 bits per heavy atom. The van der Waals surface area contributed by atoms with E-state index in [1.807, 2.05) is 0 Å². The Morgan fingerprint density at radius 2 is 2.12 bits per heavy atom. The van der Waals surface area contributed by atoms with Gasteiger partial charge in [0, 0.05) is 37.3 Å². The van der Waals surface area contributed by atoms with Crippen LogP contribution >= 0.6 is 0 Å². The van der Waals surface area contributed by atoms with Crippen LogP contribution in [0.4, 0.5) is 4.39 Å². The molecule has 0 amide bonds. The van der Waals surface area contributed by atoms with Crippen molar-refractivity contribution in [2.75, 3.05) is 13.1 Å². The number of nitrogens with zero attached hydrogens (tertiary/aromatic N) is 2. The van der Waals surface area contributed by atoms with Gasteiger partial charge in [0.2, 0.25) is 0 Å². The standard InChI is InChI=1S/C19H20FN3O2/c20-16-4-2-1-3-14(16)15-9-12-10-23(8-5-13(12)18(15)24)11-17-19(25)22-7-6-21-17/h1-4,6-7,12-13,15H,5,8-11H2,(H,22,25)/t12-,13+,15?/m1/s1. The number of fused-ring (bicyclic) bond motifs is 1. The van der Waals surface area contributed by atoms with Crippen LogP contribution in [-0.2, 0) is 11.3 Å². The second-order valence-corrected chi connectivity index (χ2v) is 6.97. The van der Waals surface area contributed by atoms with Crippen molar-refractivity contribution in [3.8, 4) is 0 Å². The van der Waals surface area contributed by atoms with Crippen LogP contribution in [0.3, 0.4) is 0 Å². The van der Waals surface area contributed by atoms with Crippen molar-refractivity contribution < 1.29 is 9.18 Å². The fraction of sp³-hybridized carbons (Fsp3) is 0.421. The Labute approximate surface area is 144 Å². The molecular weight excluding hydrogens is 321 g/mol. The van der Waals surface area contributed by atoms with Gasteiger partial charge in [-0.25, -0.2) is 4.39 Å². The molecule has 1 aliphatic heterocycles. The van der Waals surface area contributed by atoms with Crippen LogP contribution in [0.25, 0.3) is 0 Å². The predicted octanol–water partition coefficient (Wildman–Crippen LogP) is 2.10. The van der Waals surface area contributed by atoms with Crippen molar-refractivity contribution >= 4 is 5.78 Å². The normalized spacial score (nSPS) is 26.6. The Kier molecular flexibility index (Phi) is 4.21. The Morgan fingerprint density at radius 1 is 1.28 bits per heavy atom. The number of benzene rings is 1. The average Bonchev–Trinajstić information content (AvgIpc) is 2.93. The molecule has 1 aliphatic carbocycles. The van der Waals surface area contributed by atoms with E-state index in [0.717, 1.165) is 19.5 Å². The van der Waals surface area contributed by atoms with Crippen LogP contribution in [0.1, 0.15) is 30.0 Å². The number of hydrogen-bond acceptors (Lipinski definition) is 4. The summed E-state index contributed by atoms with van der Waals surface area (Å²) in [5.41, 5.74) is 0.849. The third-order valence-electron chi connectivity index (χ3n) is 5.50. The third kappa shape index (κ3) is 3.02. The molecular formula is C19H20FN3O2. The number of aromatic amines is 1. The van der Waals surface area contributed by atoms with Gasteiger partial charge in [0.15, 0.2) is 0 Å². The molecule has 2 aromatic rings. The van der Waals surface area contributed by atoms with Gasteiger partial charge in [-0.15, -0.1) is 0 Å². The molecule has 4 rings (SSSR count). The zero-order chi connectivity index (χ0) is 17.4. The molecule has 25 heavy (non-hydrogen) atoms. The first-order valence-electron chi connectivity index (χ1n) is 8.66. The predicted molar refractivity (Wildman–Crippen MR) is 90.5 cm³/mol. The van der Waals surface area contributed by atoms with Crippen molar-refractivity contribution in [2.24, 2.45) is 11.8 Å². The summed E-state index contributed by atoms with van der Waals surface area (Å²) in [7, 11) is 0. The third-order valence-corrected chi connectivity index (χ3v) is 5.50. The Bertz CT molecular complexity index is 850. The van der Waals surface area contributed by atoms with E-state index in [9.17, 15) is 14.0 Å². The van der Waals surface area contributed by atoms with E-state index in [1.165, 1.54) is 12.3 Å². The molecule has 2 fully saturated rings. The number of hydrogen-bond donors (Lipinski definition) is 1. The molecule has 1 aromatic heterocycles. The maximum absolute atomic E-state index is 14.1. The molecule has 1 saturated carbocycles. The van der Waals surface area contributed by atoms with E-state index < -0.39 is 0 Å². The SMILES string of the molecule is O=C1C(c2ccccc2F)C[C@@H]2CN(Cc3ncc[nH]c3=O)CC[C@H]12. The first-order chi connectivity index (χ1) is 12.1. The Hall–Kier alpha value is -2.34. The van der Waals surface area contributed by atoms with Crippen molar-refractivity contribution in [1.82, 2.24) is 14.9 Å². The monoisotopic (exact) mass is 341 g/mol. The number of Topliss-reactive ketones (excluding diaryl/α,β-unsaturated/α-hetero) is 1. The van der Waals surface area contributed by atoms with Gasteiger partial charge >= 0.3 is 0 Å². The van der Waals surface area contributed by atoms with Crippen molar-refractivity contribution in [3.05, 3.63) is 64.1 Å². The first-order valence-corrected chi connectivity index (χ1v) is 8.66. The van der Waals surface area contributed by atoms with E-state index in [-0.39, 0.29) is 34.9 Å². The average molecular weight is 341 g/mol. The second-order valence-electron chi connectivity index (χ2n) is 6.97. The lowest BCUT2D eigenvalue weighted by atomic mass is 9.88. The Balaban J connectivity index is 1.49. The van der Waals surface area contributed by atoms with Gasteiger partial charge in [0.25, 0.3) is 5.56 Å². The van der Waals surface area contributed by atoms with E-state index in [2.05, 4.69) is 14.9 Å². The lowest BCUT2D eigenvalue weighted by Gasteiger charge is -2.33. The van der Waals surface area contributed by atoms with Gasteiger partial charge < -0.3 is 4.98 Å². The van der Waals surface area contributed by atoms with E-state index >= 15 is 0 Å². The van der Waals surface area contributed by atoms with Crippen LogP contribution in [0.2, 0.25) is 0 Å². The molecule has 2 heterocycles. The molecule has 5 nitrogen and oxygen atoms in total. The minimum atomic E-state index is -0.339. The minimum Gasteiger partial charge on any atom is -0.326 e. The van der Waals surface area contributed by atoms with Crippen LogP contribution in [0.5, 0.6) is 0 Å². The number of H-pyrrole nitrogens is 1. The molecule has 6 heteroatoms. The number of aromatic nitrogens is 2. The van der Waals surface area contributed by atoms with Crippen LogP contribution < -0.4 is 5.56 Å². The minimum absolute atomic E-state index is 0.00266. The van der Waals surface area contributed by atoms with E-state index in [1.54, 1.807) is 24.4 Å². The fourth-order valence-corrected chi connectivity index (χ4v) is 4.29. The molecule has 3 atom stereocenters. The molecule has 1 saturated heterocycles. The van der Waals surface area contributed by atoms with E-state index in [4.69, 9.17) is 0 Å². The summed E-state index contributed by atoms with van der Waals surface area (Å²) >= 11 is 0. The van der Waals surface area contributed by atoms with Crippen LogP contribution in [-0.4, -0.2) is 33.7 Å². The summed E-state index contributed by atoms with van der Waals surface area (Å²) in [6.45, 7) is 1.99.